The van der Waals surface area contributed by atoms with E-state index in [-0.39, 0.29) is 35.2 Å². The first kappa shape index (κ1) is 30.5. The Morgan fingerprint density at radius 1 is 1.14 bits per heavy atom. The predicted molar refractivity (Wildman–Crippen MR) is 147 cm³/mol. The number of nitrogens with two attached hydrogens (primary N) is 1. The summed E-state index contributed by atoms with van der Waals surface area (Å²) in [5, 5.41) is 9.56. The highest BCUT2D eigenvalue weighted by Crippen LogP contribution is 2.37. The van der Waals surface area contributed by atoms with Gasteiger partial charge in [-0.2, -0.15) is 18.3 Å². The number of fused-ring (bicyclic) bond motifs is 1. The van der Waals surface area contributed by atoms with Gasteiger partial charge in [-0.1, -0.05) is 6.92 Å². The SMILES string of the molecule is CCOC(=O)Cn1cc(-c2cnc3c(Nc4ccc(C(=O)NCCOCCN)c(CC)c4)nccn23)c(C(F)(F)F)n1. The van der Waals surface area contributed by atoms with Crippen LogP contribution in [0.15, 0.2) is 43.0 Å². The van der Waals surface area contributed by atoms with Crippen molar-refractivity contribution in [1.82, 2.24) is 29.5 Å². The van der Waals surface area contributed by atoms with Gasteiger partial charge in [0.05, 0.1) is 37.3 Å². The Morgan fingerprint density at radius 3 is 2.67 bits per heavy atom. The summed E-state index contributed by atoms with van der Waals surface area (Å²) < 4.78 is 54.2. The zero-order valence-electron chi connectivity index (χ0n) is 23.1. The minimum Gasteiger partial charge on any atom is -0.465 e. The smallest absolute Gasteiger partial charge is 0.435 e. The molecule has 3 heterocycles. The van der Waals surface area contributed by atoms with E-state index < -0.39 is 24.4 Å². The fourth-order valence-electron chi connectivity index (χ4n) is 4.28. The van der Waals surface area contributed by atoms with Gasteiger partial charge in [-0.3, -0.25) is 18.7 Å². The number of carbonyl (C=O) groups is 2. The second-order valence-electron chi connectivity index (χ2n) is 9.01. The van der Waals surface area contributed by atoms with Crippen molar-refractivity contribution in [3.8, 4) is 11.3 Å². The van der Waals surface area contributed by atoms with Crippen molar-refractivity contribution in [1.29, 1.82) is 0 Å². The van der Waals surface area contributed by atoms with Gasteiger partial charge >= 0.3 is 12.1 Å². The molecule has 0 aliphatic carbocycles. The number of amides is 1. The topological polar surface area (TPSA) is 151 Å². The number of benzene rings is 1. The van der Waals surface area contributed by atoms with Crippen molar-refractivity contribution in [2.75, 3.05) is 38.2 Å². The lowest BCUT2D eigenvalue weighted by Gasteiger charge is -2.13. The van der Waals surface area contributed by atoms with Gasteiger partial charge in [-0.05, 0) is 37.1 Å². The standard InChI is InChI=1S/C27H31F3N8O4/c1-3-17-13-18(5-6-19(17)26(40)33-9-12-41-11-7-31)35-24-25-34-14-21(38(25)10-8-32-24)20-15-37(16-22(39)42-4-2)36-23(20)27(28,29)30/h5-6,8,10,13-15H,3-4,7,9,11-12,16,31H2,1-2H3,(H,32,35)(H,33,40). The average Bonchev–Trinajstić information content (AvgIpc) is 3.57. The molecule has 0 fully saturated rings. The molecular formula is C27H31F3N8O4. The van der Waals surface area contributed by atoms with Crippen molar-refractivity contribution in [3.63, 3.8) is 0 Å². The summed E-state index contributed by atoms with van der Waals surface area (Å²) in [6, 6.07) is 5.19. The molecule has 224 valence electrons. The Morgan fingerprint density at radius 2 is 1.95 bits per heavy atom. The lowest BCUT2D eigenvalue weighted by Crippen LogP contribution is -2.28. The number of halogens is 3. The van der Waals surface area contributed by atoms with E-state index in [1.165, 1.54) is 23.0 Å². The number of ether oxygens (including phenoxy) is 2. The molecule has 0 saturated carbocycles. The number of imidazole rings is 1. The number of rotatable bonds is 13. The average molecular weight is 589 g/mol. The van der Waals surface area contributed by atoms with Gasteiger partial charge in [0.25, 0.3) is 5.91 Å². The Balaban J connectivity index is 1.60. The maximum Gasteiger partial charge on any atom is 0.435 e. The van der Waals surface area contributed by atoms with Crippen LogP contribution in [0.3, 0.4) is 0 Å². The van der Waals surface area contributed by atoms with E-state index in [2.05, 4.69) is 25.7 Å². The number of aryl methyl sites for hydroxylation is 1. The molecule has 0 spiro atoms. The third kappa shape index (κ3) is 7.03. The zero-order chi connectivity index (χ0) is 30.3. The summed E-state index contributed by atoms with van der Waals surface area (Å²) in [6.07, 6.45) is 1.11. The molecular weight excluding hydrogens is 557 g/mol. The molecule has 0 radical (unpaired) electrons. The number of aromatic nitrogens is 5. The van der Waals surface area contributed by atoms with Crippen molar-refractivity contribution in [2.24, 2.45) is 5.73 Å². The third-order valence-corrected chi connectivity index (χ3v) is 6.12. The van der Waals surface area contributed by atoms with Crippen LogP contribution in [-0.2, 0) is 33.4 Å². The summed E-state index contributed by atoms with van der Waals surface area (Å²) in [5.41, 5.74) is 6.23. The van der Waals surface area contributed by atoms with Crippen LogP contribution in [0.25, 0.3) is 16.9 Å². The van der Waals surface area contributed by atoms with E-state index >= 15 is 0 Å². The van der Waals surface area contributed by atoms with E-state index in [1.807, 2.05) is 6.92 Å². The van der Waals surface area contributed by atoms with Crippen LogP contribution in [0.1, 0.15) is 35.5 Å². The monoisotopic (exact) mass is 588 g/mol. The predicted octanol–water partition coefficient (Wildman–Crippen LogP) is 3.19. The zero-order valence-corrected chi connectivity index (χ0v) is 23.1. The number of nitrogens with zero attached hydrogens (tertiary/aromatic N) is 5. The van der Waals surface area contributed by atoms with Crippen LogP contribution in [0, 0.1) is 0 Å². The first-order chi connectivity index (χ1) is 20.2. The molecule has 0 aliphatic heterocycles. The molecule has 3 aromatic heterocycles. The normalized spacial score (nSPS) is 11.6. The summed E-state index contributed by atoms with van der Waals surface area (Å²) in [7, 11) is 0. The van der Waals surface area contributed by atoms with Gasteiger partial charge in [0.1, 0.15) is 6.54 Å². The quantitative estimate of drug-likeness (QED) is 0.158. The van der Waals surface area contributed by atoms with Crippen molar-refractivity contribution >= 4 is 29.0 Å². The Bertz CT molecular complexity index is 1550. The number of alkyl halides is 3. The minimum atomic E-state index is -4.78. The van der Waals surface area contributed by atoms with Crippen LogP contribution in [0.4, 0.5) is 24.7 Å². The highest BCUT2D eigenvalue weighted by molar-refractivity contribution is 5.96. The molecule has 0 aliphatic rings. The van der Waals surface area contributed by atoms with Crippen molar-refractivity contribution in [2.45, 2.75) is 33.0 Å². The van der Waals surface area contributed by atoms with E-state index in [0.29, 0.717) is 44.0 Å². The van der Waals surface area contributed by atoms with E-state index in [0.717, 1.165) is 16.4 Å². The van der Waals surface area contributed by atoms with Crippen LogP contribution < -0.4 is 16.4 Å². The van der Waals surface area contributed by atoms with Gasteiger partial charge in [0, 0.05) is 42.9 Å². The Hall–Kier alpha value is -4.50. The van der Waals surface area contributed by atoms with Crippen LogP contribution in [0.5, 0.6) is 0 Å². The van der Waals surface area contributed by atoms with Crippen molar-refractivity contribution in [3.05, 3.63) is 59.8 Å². The van der Waals surface area contributed by atoms with Gasteiger partial charge in [-0.15, -0.1) is 0 Å². The Labute approximate surface area is 239 Å². The first-order valence-electron chi connectivity index (χ1n) is 13.2. The lowest BCUT2D eigenvalue weighted by atomic mass is 10.0. The van der Waals surface area contributed by atoms with E-state index in [1.54, 1.807) is 25.1 Å². The van der Waals surface area contributed by atoms with Gasteiger partial charge in [0.15, 0.2) is 17.2 Å². The van der Waals surface area contributed by atoms with Crippen LogP contribution >= 0.6 is 0 Å². The molecule has 0 bridgehead atoms. The summed E-state index contributed by atoms with van der Waals surface area (Å²) in [5.74, 6) is -0.662. The van der Waals surface area contributed by atoms with Gasteiger partial charge < -0.3 is 25.8 Å². The molecule has 4 aromatic rings. The van der Waals surface area contributed by atoms with Gasteiger partial charge in [0.2, 0.25) is 0 Å². The summed E-state index contributed by atoms with van der Waals surface area (Å²) in [6.45, 7) is 4.65. The van der Waals surface area contributed by atoms with E-state index in [4.69, 9.17) is 15.2 Å². The molecule has 4 N–H and O–H groups in total. The molecule has 15 heteroatoms. The molecule has 0 atom stereocenters. The fourth-order valence-corrected chi connectivity index (χ4v) is 4.28. The molecule has 1 amide bonds. The first-order valence-corrected chi connectivity index (χ1v) is 13.2. The number of anilines is 2. The molecule has 42 heavy (non-hydrogen) atoms. The second-order valence-corrected chi connectivity index (χ2v) is 9.01. The fraction of sp³-hybridized carbons (Fsp3) is 0.370. The molecule has 1 aromatic carbocycles. The van der Waals surface area contributed by atoms with Crippen LogP contribution in [-0.4, -0.2) is 68.9 Å². The van der Waals surface area contributed by atoms with Gasteiger partial charge in [-0.25, -0.2) is 9.97 Å². The summed E-state index contributed by atoms with van der Waals surface area (Å²) in [4.78, 5) is 33.2. The molecule has 0 unspecified atom stereocenters. The van der Waals surface area contributed by atoms with Crippen molar-refractivity contribution < 1.29 is 32.2 Å². The maximum atomic E-state index is 13.9. The number of carbonyl (C=O) groups excluding carboxylic acids is 2. The van der Waals surface area contributed by atoms with E-state index in [9.17, 15) is 22.8 Å². The minimum absolute atomic E-state index is 0.0931. The molecule has 0 saturated heterocycles. The second kappa shape index (κ2) is 13.4. The van der Waals surface area contributed by atoms with Crippen LogP contribution in [0.2, 0.25) is 0 Å². The number of nitrogens with one attached hydrogen (secondary N) is 2. The Kier molecular flexibility index (Phi) is 9.75. The maximum absolute atomic E-state index is 13.9. The highest BCUT2D eigenvalue weighted by atomic mass is 19.4. The largest absolute Gasteiger partial charge is 0.465 e. The highest BCUT2D eigenvalue weighted by Gasteiger charge is 2.38. The molecule has 12 nitrogen and oxygen atoms in total. The number of hydrogen-bond donors (Lipinski definition) is 3. The lowest BCUT2D eigenvalue weighted by molar-refractivity contribution is -0.145. The summed E-state index contributed by atoms with van der Waals surface area (Å²) >= 11 is 0. The number of hydrogen-bond acceptors (Lipinski definition) is 9. The third-order valence-electron chi connectivity index (χ3n) is 6.12. The number of esters is 1. The molecule has 4 rings (SSSR count).